The SMILES string of the molecule is CS(=O)(=O)N[C@H]1CCCN(C(=O)Nc2ccccc2Cn2cccn2)C1. The van der Waals surface area contributed by atoms with Gasteiger partial charge >= 0.3 is 6.03 Å². The number of nitrogens with one attached hydrogen (secondary N) is 2. The number of urea groups is 1. The molecule has 1 aliphatic rings. The molecule has 1 saturated heterocycles. The molecule has 8 nitrogen and oxygen atoms in total. The van der Waals surface area contributed by atoms with Crippen LogP contribution < -0.4 is 10.0 Å². The number of likely N-dealkylation sites (tertiary alicyclic amines) is 1. The van der Waals surface area contributed by atoms with Crippen LogP contribution in [-0.2, 0) is 16.6 Å². The van der Waals surface area contributed by atoms with Gasteiger partial charge in [-0.1, -0.05) is 18.2 Å². The lowest BCUT2D eigenvalue weighted by atomic mass is 10.1. The van der Waals surface area contributed by atoms with Crippen molar-refractivity contribution in [1.29, 1.82) is 0 Å². The van der Waals surface area contributed by atoms with E-state index in [-0.39, 0.29) is 12.1 Å². The number of sulfonamides is 1. The summed E-state index contributed by atoms with van der Waals surface area (Å²) in [6, 6.07) is 8.97. The van der Waals surface area contributed by atoms with Crippen LogP contribution in [0.1, 0.15) is 18.4 Å². The van der Waals surface area contributed by atoms with Crippen molar-refractivity contribution in [2.75, 3.05) is 24.7 Å². The number of nitrogens with zero attached hydrogens (tertiary/aromatic N) is 3. The van der Waals surface area contributed by atoms with Gasteiger partial charge in [-0.3, -0.25) is 4.68 Å². The normalized spacial score (nSPS) is 17.9. The molecule has 26 heavy (non-hydrogen) atoms. The maximum Gasteiger partial charge on any atom is 0.321 e. The Morgan fingerprint density at radius 3 is 2.85 bits per heavy atom. The molecule has 0 unspecified atom stereocenters. The maximum absolute atomic E-state index is 12.6. The van der Waals surface area contributed by atoms with Crippen LogP contribution in [0.25, 0.3) is 0 Å². The van der Waals surface area contributed by atoms with Crippen molar-refractivity contribution in [2.45, 2.75) is 25.4 Å². The fourth-order valence-electron chi connectivity index (χ4n) is 3.10. The van der Waals surface area contributed by atoms with Crippen molar-refractivity contribution < 1.29 is 13.2 Å². The van der Waals surface area contributed by atoms with Crippen LogP contribution in [0.5, 0.6) is 0 Å². The average Bonchev–Trinajstić information content (AvgIpc) is 3.08. The van der Waals surface area contributed by atoms with E-state index in [9.17, 15) is 13.2 Å². The lowest BCUT2D eigenvalue weighted by Gasteiger charge is -2.32. The molecule has 2 aromatic rings. The number of hydrogen-bond acceptors (Lipinski definition) is 4. The van der Waals surface area contributed by atoms with E-state index in [1.165, 1.54) is 0 Å². The second-order valence-corrected chi connectivity index (χ2v) is 8.25. The minimum Gasteiger partial charge on any atom is -0.323 e. The zero-order valence-corrected chi connectivity index (χ0v) is 15.4. The van der Waals surface area contributed by atoms with E-state index in [0.29, 0.717) is 19.6 Å². The van der Waals surface area contributed by atoms with Gasteiger partial charge in [-0.25, -0.2) is 17.9 Å². The van der Waals surface area contributed by atoms with Gasteiger partial charge in [-0.05, 0) is 30.5 Å². The van der Waals surface area contributed by atoms with E-state index in [1.54, 1.807) is 15.8 Å². The van der Waals surface area contributed by atoms with Crippen LogP contribution in [-0.4, -0.2) is 54.5 Å². The number of carbonyl (C=O) groups is 1. The van der Waals surface area contributed by atoms with Crippen molar-refractivity contribution in [1.82, 2.24) is 19.4 Å². The molecular formula is C17H23N5O3S. The monoisotopic (exact) mass is 377 g/mol. The summed E-state index contributed by atoms with van der Waals surface area (Å²) in [5.74, 6) is 0. The highest BCUT2D eigenvalue weighted by molar-refractivity contribution is 7.88. The molecule has 2 amide bonds. The molecule has 2 heterocycles. The lowest BCUT2D eigenvalue weighted by molar-refractivity contribution is 0.190. The second-order valence-electron chi connectivity index (χ2n) is 6.47. The van der Waals surface area contributed by atoms with Crippen LogP contribution in [0, 0.1) is 0 Å². The average molecular weight is 377 g/mol. The van der Waals surface area contributed by atoms with Crippen LogP contribution in [0.15, 0.2) is 42.7 Å². The first kappa shape index (κ1) is 18.4. The van der Waals surface area contributed by atoms with Gasteiger partial charge < -0.3 is 10.2 Å². The topological polar surface area (TPSA) is 96.3 Å². The summed E-state index contributed by atoms with van der Waals surface area (Å²) in [5, 5.41) is 7.14. The summed E-state index contributed by atoms with van der Waals surface area (Å²) in [7, 11) is -3.29. The van der Waals surface area contributed by atoms with Crippen molar-refractivity contribution >= 4 is 21.7 Å². The third kappa shape index (κ3) is 5.06. The predicted molar refractivity (Wildman–Crippen MR) is 99.4 cm³/mol. The Kier molecular flexibility index (Phi) is 5.58. The molecular weight excluding hydrogens is 354 g/mol. The number of hydrogen-bond donors (Lipinski definition) is 2. The van der Waals surface area contributed by atoms with Gasteiger partial charge in [-0.2, -0.15) is 5.10 Å². The Balaban J connectivity index is 1.66. The molecule has 0 bridgehead atoms. The van der Waals surface area contributed by atoms with E-state index < -0.39 is 10.0 Å². The summed E-state index contributed by atoms with van der Waals surface area (Å²) < 4.78 is 27.2. The van der Waals surface area contributed by atoms with Gasteiger partial charge in [0, 0.05) is 37.2 Å². The van der Waals surface area contributed by atoms with Gasteiger partial charge in [0.2, 0.25) is 10.0 Å². The Morgan fingerprint density at radius 2 is 2.12 bits per heavy atom. The predicted octanol–water partition coefficient (Wildman–Crippen LogP) is 1.48. The summed E-state index contributed by atoms with van der Waals surface area (Å²) in [6.45, 7) is 1.52. The number of aromatic nitrogens is 2. The molecule has 2 N–H and O–H groups in total. The third-order valence-electron chi connectivity index (χ3n) is 4.24. The molecule has 0 radical (unpaired) electrons. The third-order valence-corrected chi connectivity index (χ3v) is 5.00. The van der Waals surface area contributed by atoms with Gasteiger partial charge in [-0.15, -0.1) is 0 Å². The Hall–Kier alpha value is -2.39. The van der Waals surface area contributed by atoms with Crippen LogP contribution >= 0.6 is 0 Å². The summed E-state index contributed by atoms with van der Waals surface area (Å²) in [6.07, 6.45) is 6.20. The van der Waals surface area contributed by atoms with Crippen molar-refractivity contribution in [2.24, 2.45) is 0 Å². The summed E-state index contributed by atoms with van der Waals surface area (Å²) in [4.78, 5) is 14.3. The Bertz CT molecular complexity index is 851. The molecule has 0 spiro atoms. The van der Waals surface area contributed by atoms with Crippen LogP contribution in [0.2, 0.25) is 0 Å². The van der Waals surface area contributed by atoms with E-state index in [2.05, 4.69) is 15.1 Å². The molecule has 9 heteroatoms. The minimum atomic E-state index is -3.29. The molecule has 1 aromatic heterocycles. The molecule has 3 rings (SSSR count). The lowest BCUT2D eigenvalue weighted by Crippen LogP contribution is -2.50. The summed E-state index contributed by atoms with van der Waals surface area (Å²) >= 11 is 0. The molecule has 140 valence electrons. The standard InChI is InChI=1S/C17H23N5O3S/c1-26(24,25)20-15-7-4-10-21(13-15)17(23)19-16-8-3-2-6-14(16)12-22-11-5-9-18-22/h2-3,5-6,8-9,11,15,20H,4,7,10,12-13H2,1H3,(H,19,23)/t15-/m0/s1. The Morgan fingerprint density at radius 1 is 1.31 bits per heavy atom. The number of amides is 2. The molecule has 0 aliphatic carbocycles. The first-order valence-corrected chi connectivity index (χ1v) is 10.4. The number of para-hydroxylation sites is 1. The first-order chi connectivity index (χ1) is 12.4. The van der Waals surface area contributed by atoms with Crippen LogP contribution in [0.4, 0.5) is 10.5 Å². The molecule has 1 atom stereocenters. The van der Waals surface area contributed by atoms with E-state index in [1.807, 2.05) is 36.5 Å². The van der Waals surface area contributed by atoms with Crippen LogP contribution in [0.3, 0.4) is 0 Å². The largest absolute Gasteiger partial charge is 0.323 e. The number of benzene rings is 1. The van der Waals surface area contributed by atoms with Crippen molar-refractivity contribution in [3.63, 3.8) is 0 Å². The van der Waals surface area contributed by atoms with Crippen molar-refractivity contribution in [3.05, 3.63) is 48.3 Å². The van der Waals surface area contributed by atoms with E-state index in [0.717, 1.165) is 30.3 Å². The molecule has 1 fully saturated rings. The Labute approximate surface area is 153 Å². The second kappa shape index (κ2) is 7.88. The smallest absolute Gasteiger partial charge is 0.321 e. The quantitative estimate of drug-likeness (QED) is 0.825. The fourth-order valence-corrected chi connectivity index (χ4v) is 3.90. The highest BCUT2D eigenvalue weighted by Gasteiger charge is 2.25. The number of carbonyl (C=O) groups excluding carboxylic acids is 1. The van der Waals surface area contributed by atoms with Gasteiger partial charge in [0.05, 0.1) is 12.8 Å². The number of anilines is 1. The zero-order chi connectivity index (χ0) is 18.6. The van der Waals surface area contributed by atoms with Gasteiger partial charge in [0.25, 0.3) is 0 Å². The number of piperidine rings is 1. The van der Waals surface area contributed by atoms with Gasteiger partial charge in [0.1, 0.15) is 0 Å². The molecule has 1 aromatic carbocycles. The zero-order valence-electron chi connectivity index (χ0n) is 14.6. The van der Waals surface area contributed by atoms with Crippen molar-refractivity contribution in [3.8, 4) is 0 Å². The van der Waals surface area contributed by atoms with E-state index in [4.69, 9.17) is 0 Å². The maximum atomic E-state index is 12.6. The minimum absolute atomic E-state index is 0.224. The molecule has 0 saturated carbocycles. The number of rotatable bonds is 5. The van der Waals surface area contributed by atoms with E-state index >= 15 is 0 Å². The highest BCUT2D eigenvalue weighted by Crippen LogP contribution is 2.18. The first-order valence-electron chi connectivity index (χ1n) is 8.49. The highest BCUT2D eigenvalue weighted by atomic mass is 32.2. The summed E-state index contributed by atoms with van der Waals surface area (Å²) in [5.41, 5.74) is 1.68. The van der Waals surface area contributed by atoms with Gasteiger partial charge in [0.15, 0.2) is 0 Å². The fraction of sp³-hybridized carbons (Fsp3) is 0.412. The molecule has 1 aliphatic heterocycles.